The van der Waals surface area contributed by atoms with Crippen molar-refractivity contribution in [2.75, 3.05) is 23.3 Å². The van der Waals surface area contributed by atoms with Gasteiger partial charge < -0.3 is 10.2 Å². The molecule has 1 aliphatic rings. The molecule has 1 N–H and O–H groups in total. The quantitative estimate of drug-likeness (QED) is 0.771. The van der Waals surface area contributed by atoms with E-state index in [9.17, 15) is 0 Å². The van der Waals surface area contributed by atoms with Crippen LogP contribution in [0.4, 0.5) is 17.2 Å². The maximum absolute atomic E-state index is 4.54. The molecule has 1 aromatic carbocycles. The summed E-state index contributed by atoms with van der Waals surface area (Å²) in [6, 6.07) is 8.55. The normalized spacial score (nSPS) is 17.2. The van der Waals surface area contributed by atoms with Gasteiger partial charge in [0.1, 0.15) is 0 Å². The summed E-state index contributed by atoms with van der Waals surface area (Å²) in [5.74, 6) is 1.53. The number of hydrogen-bond donors (Lipinski definition) is 1. The van der Waals surface area contributed by atoms with Crippen molar-refractivity contribution in [3.8, 4) is 0 Å². The standard InChI is InChI=1S/C20H23N5/c1-14(2)18-12-22-19(20-21-9-11-25(18)20)23-16-4-6-17(7-5-16)24-10-8-15(3)13-24/h4-7,9,11-12,15H,1,8,10,13H2,2-3H3,(H,22,23)/t15-/m0/s1. The first-order valence-corrected chi connectivity index (χ1v) is 8.72. The summed E-state index contributed by atoms with van der Waals surface area (Å²) >= 11 is 0. The molecule has 0 radical (unpaired) electrons. The molecule has 0 amide bonds. The van der Waals surface area contributed by atoms with Crippen molar-refractivity contribution in [1.82, 2.24) is 14.4 Å². The van der Waals surface area contributed by atoms with Gasteiger partial charge in [0.25, 0.3) is 0 Å². The minimum atomic E-state index is 0.748. The Hall–Kier alpha value is -2.82. The maximum Gasteiger partial charge on any atom is 0.180 e. The van der Waals surface area contributed by atoms with Gasteiger partial charge in [0.15, 0.2) is 11.5 Å². The van der Waals surface area contributed by atoms with Crippen molar-refractivity contribution in [1.29, 1.82) is 0 Å². The van der Waals surface area contributed by atoms with Gasteiger partial charge in [-0.2, -0.15) is 0 Å². The van der Waals surface area contributed by atoms with Crippen LogP contribution in [-0.2, 0) is 0 Å². The zero-order valence-corrected chi connectivity index (χ0v) is 14.7. The molecule has 0 bridgehead atoms. The summed E-state index contributed by atoms with van der Waals surface area (Å²) in [5, 5.41) is 3.38. The van der Waals surface area contributed by atoms with Crippen molar-refractivity contribution >= 4 is 28.4 Å². The highest BCUT2D eigenvalue weighted by atomic mass is 15.2. The van der Waals surface area contributed by atoms with Gasteiger partial charge >= 0.3 is 0 Å². The highest BCUT2D eigenvalue weighted by Gasteiger charge is 2.18. The Morgan fingerprint density at radius 1 is 1.24 bits per heavy atom. The third kappa shape index (κ3) is 2.97. The Labute approximate surface area is 148 Å². The van der Waals surface area contributed by atoms with Gasteiger partial charge in [0, 0.05) is 36.9 Å². The molecule has 0 saturated carbocycles. The summed E-state index contributed by atoms with van der Waals surface area (Å²) in [6.45, 7) is 10.6. The Bertz CT molecular complexity index is 909. The molecule has 5 heteroatoms. The van der Waals surface area contributed by atoms with Crippen LogP contribution in [0.3, 0.4) is 0 Å². The number of rotatable bonds is 4. The lowest BCUT2D eigenvalue weighted by molar-refractivity contribution is 0.659. The van der Waals surface area contributed by atoms with Gasteiger partial charge in [-0.15, -0.1) is 0 Å². The van der Waals surface area contributed by atoms with Crippen molar-refractivity contribution in [2.24, 2.45) is 5.92 Å². The maximum atomic E-state index is 4.54. The van der Waals surface area contributed by atoms with Gasteiger partial charge in [-0.1, -0.05) is 13.5 Å². The van der Waals surface area contributed by atoms with E-state index in [-0.39, 0.29) is 0 Å². The number of benzene rings is 1. The van der Waals surface area contributed by atoms with E-state index in [2.05, 4.69) is 58.0 Å². The number of allylic oxidation sites excluding steroid dienone is 1. The molecular formula is C20H23N5. The molecule has 1 saturated heterocycles. The van der Waals surface area contributed by atoms with Crippen LogP contribution >= 0.6 is 0 Å². The van der Waals surface area contributed by atoms with E-state index in [1.54, 1.807) is 6.20 Å². The van der Waals surface area contributed by atoms with Crippen LogP contribution in [0.1, 0.15) is 26.0 Å². The van der Waals surface area contributed by atoms with E-state index in [1.807, 2.05) is 23.7 Å². The number of aromatic nitrogens is 3. The Balaban J connectivity index is 1.58. The summed E-state index contributed by atoms with van der Waals surface area (Å²) in [7, 11) is 0. The monoisotopic (exact) mass is 333 g/mol. The molecule has 128 valence electrons. The first-order valence-electron chi connectivity index (χ1n) is 8.72. The molecule has 1 aliphatic heterocycles. The van der Waals surface area contributed by atoms with Crippen LogP contribution in [0.15, 0.2) is 49.4 Å². The van der Waals surface area contributed by atoms with Crippen molar-refractivity contribution < 1.29 is 0 Å². The van der Waals surface area contributed by atoms with E-state index in [1.165, 1.54) is 12.1 Å². The number of nitrogens with one attached hydrogen (secondary N) is 1. The van der Waals surface area contributed by atoms with Gasteiger partial charge in [-0.25, -0.2) is 9.97 Å². The van der Waals surface area contributed by atoms with E-state index in [4.69, 9.17) is 0 Å². The number of fused-ring (bicyclic) bond motifs is 1. The lowest BCUT2D eigenvalue weighted by atomic mass is 10.2. The fourth-order valence-corrected chi connectivity index (χ4v) is 3.38. The molecule has 1 atom stereocenters. The number of nitrogens with zero attached hydrogens (tertiary/aromatic N) is 4. The third-order valence-electron chi connectivity index (χ3n) is 4.78. The topological polar surface area (TPSA) is 45.5 Å². The second kappa shape index (κ2) is 6.24. The minimum Gasteiger partial charge on any atom is -0.371 e. The van der Waals surface area contributed by atoms with Crippen LogP contribution in [0, 0.1) is 5.92 Å². The van der Waals surface area contributed by atoms with Crippen LogP contribution in [-0.4, -0.2) is 27.5 Å². The Kier molecular flexibility index (Phi) is 3.92. The van der Waals surface area contributed by atoms with Crippen LogP contribution in [0.2, 0.25) is 0 Å². The third-order valence-corrected chi connectivity index (χ3v) is 4.78. The molecule has 25 heavy (non-hydrogen) atoms. The predicted molar refractivity (Wildman–Crippen MR) is 103 cm³/mol. The summed E-state index contributed by atoms with van der Waals surface area (Å²) in [4.78, 5) is 11.4. The average Bonchev–Trinajstić information content (AvgIpc) is 3.25. The van der Waals surface area contributed by atoms with Crippen molar-refractivity contribution in [3.63, 3.8) is 0 Å². The van der Waals surface area contributed by atoms with Crippen LogP contribution < -0.4 is 10.2 Å². The number of anilines is 3. The first-order chi connectivity index (χ1) is 12.1. The Morgan fingerprint density at radius 2 is 2.04 bits per heavy atom. The second-order valence-electron chi connectivity index (χ2n) is 6.90. The highest BCUT2D eigenvalue weighted by molar-refractivity contribution is 5.73. The van der Waals surface area contributed by atoms with Crippen LogP contribution in [0.5, 0.6) is 0 Å². The van der Waals surface area contributed by atoms with E-state index in [0.29, 0.717) is 0 Å². The van der Waals surface area contributed by atoms with Gasteiger partial charge in [-0.05, 0) is 49.1 Å². The molecule has 2 aromatic heterocycles. The average molecular weight is 333 g/mol. The van der Waals surface area contributed by atoms with E-state index < -0.39 is 0 Å². The molecule has 5 nitrogen and oxygen atoms in total. The molecule has 0 unspecified atom stereocenters. The summed E-state index contributed by atoms with van der Waals surface area (Å²) in [6.07, 6.45) is 6.83. The van der Waals surface area contributed by atoms with Gasteiger partial charge in [0.2, 0.25) is 0 Å². The van der Waals surface area contributed by atoms with Crippen molar-refractivity contribution in [2.45, 2.75) is 20.3 Å². The van der Waals surface area contributed by atoms with E-state index in [0.717, 1.165) is 47.4 Å². The SMILES string of the molecule is C=C(C)c1cnc(Nc2ccc(N3CC[C@H](C)C3)cc2)c2nccn12. The Morgan fingerprint density at radius 3 is 2.72 bits per heavy atom. The molecular weight excluding hydrogens is 310 g/mol. The lowest BCUT2D eigenvalue weighted by Gasteiger charge is -2.18. The fraction of sp³-hybridized carbons (Fsp3) is 0.300. The predicted octanol–water partition coefficient (Wildman–Crippen LogP) is 4.35. The molecule has 0 spiro atoms. The minimum absolute atomic E-state index is 0.748. The van der Waals surface area contributed by atoms with Gasteiger partial charge in [0.05, 0.1) is 11.9 Å². The molecule has 3 heterocycles. The molecule has 1 fully saturated rings. The summed E-state index contributed by atoms with van der Waals surface area (Å²) < 4.78 is 2.01. The lowest BCUT2D eigenvalue weighted by Crippen LogP contribution is -2.18. The zero-order valence-electron chi connectivity index (χ0n) is 14.7. The molecule has 4 rings (SSSR count). The van der Waals surface area contributed by atoms with Crippen molar-refractivity contribution in [3.05, 3.63) is 55.1 Å². The fourth-order valence-electron chi connectivity index (χ4n) is 3.38. The largest absolute Gasteiger partial charge is 0.371 e. The smallest absolute Gasteiger partial charge is 0.180 e. The molecule has 0 aliphatic carbocycles. The van der Waals surface area contributed by atoms with Gasteiger partial charge in [-0.3, -0.25) is 4.40 Å². The first kappa shape index (κ1) is 15.7. The molecule has 3 aromatic rings. The second-order valence-corrected chi connectivity index (χ2v) is 6.90. The highest BCUT2D eigenvalue weighted by Crippen LogP contribution is 2.27. The number of imidazole rings is 1. The van der Waals surface area contributed by atoms with E-state index >= 15 is 0 Å². The summed E-state index contributed by atoms with van der Waals surface area (Å²) in [5.41, 5.74) is 5.03. The number of hydrogen-bond acceptors (Lipinski definition) is 4. The zero-order chi connectivity index (χ0) is 17.4. The van der Waals surface area contributed by atoms with Crippen LogP contribution in [0.25, 0.3) is 11.2 Å².